The highest BCUT2D eigenvalue weighted by Crippen LogP contribution is 2.21. The number of nitro groups is 1. The Hall–Kier alpha value is -4.20. The number of nitro benzene ring substituents is 1. The molecule has 0 spiro atoms. The molecule has 0 atom stereocenters. The summed E-state index contributed by atoms with van der Waals surface area (Å²) in [6.45, 7) is -0.488. The Kier molecular flexibility index (Phi) is 6.16. The number of nitrogens with one attached hydrogen (secondary N) is 1. The van der Waals surface area contributed by atoms with Crippen LogP contribution < -0.4 is 10.1 Å². The van der Waals surface area contributed by atoms with Crippen LogP contribution in [0.15, 0.2) is 78.9 Å². The highest BCUT2D eigenvalue weighted by molar-refractivity contribution is 5.95. The fourth-order valence-electron chi connectivity index (χ4n) is 2.36. The Morgan fingerprint density at radius 1 is 0.862 bits per heavy atom. The molecule has 1 N–H and O–H groups in total. The van der Waals surface area contributed by atoms with Gasteiger partial charge in [0.25, 0.3) is 11.6 Å². The van der Waals surface area contributed by atoms with Gasteiger partial charge in [0.05, 0.1) is 10.5 Å². The number of para-hydroxylation sites is 1. The molecule has 0 saturated carbocycles. The summed E-state index contributed by atoms with van der Waals surface area (Å²) in [5.74, 6) is 0.0146. The number of hydrogen-bond acceptors (Lipinski definition) is 6. The van der Waals surface area contributed by atoms with Gasteiger partial charge in [0.2, 0.25) is 0 Å². The van der Waals surface area contributed by atoms with Gasteiger partial charge in [0.1, 0.15) is 11.5 Å². The third kappa shape index (κ3) is 5.64. The molecular weight excluding hydrogens is 376 g/mol. The average molecular weight is 392 g/mol. The Morgan fingerprint density at radius 2 is 1.48 bits per heavy atom. The van der Waals surface area contributed by atoms with Crippen LogP contribution in [0.3, 0.4) is 0 Å². The summed E-state index contributed by atoms with van der Waals surface area (Å²) >= 11 is 0. The van der Waals surface area contributed by atoms with Crippen molar-refractivity contribution in [2.45, 2.75) is 0 Å². The Bertz CT molecular complexity index is 1000. The molecule has 3 aromatic carbocycles. The first-order valence-electron chi connectivity index (χ1n) is 8.56. The predicted octanol–water partition coefficient (Wildman–Crippen LogP) is 4.18. The molecule has 0 saturated heterocycles. The van der Waals surface area contributed by atoms with E-state index in [4.69, 9.17) is 9.47 Å². The first kappa shape index (κ1) is 19.6. The number of carbonyl (C=O) groups excluding carboxylic acids is 2. The number of esters is 1. The van der Waals surface area contributed by atoms with Gasteiger partial charge in [-0.2, -0.15) is 0 Å². The highest BCUT2D eigenvalue weighted by Gasteiger charge is 2.11. The standard InChI is InChI=1S/C21H16N2O6/c24-20(22-16-8-10-17(11-9-16)23(26)27)14-28-21(25)15-6-12-19(13-7-15)29-18-4-2-1-3-5-18/h1-13H,14H2,(H,22,24). The second kappa shape index (κ2) is 9.14. The van der Waals surface area contributed by atoms with Crippen molar-refractivity contribution in [1.82, 2.24) is 0 Å². The molecule has 0 radical (unpaired) electrons. The number of rotatable bonds is 7. The minimum absolute atomic E-state index is 0.0888. The number of nitrogens with zero attached hydrogens (tertiary/aromatic N) is 1. The lowest BCUT2D eigenvalue weighted by molar-refractivity contribution is -0.384. The fourth-order valence-corrected chi connectivity index (χ4v) is 2.36. The van der Waals surface area contributed by atoms with Gasteiger partial charge in [0.15, 0.2) is 6.61 Å². The summed E-state index contributed by atoms with van der Waals surface area (Å²) in [5, 5.41) is 13.1. The predicted molar refractivity (Wildman–Crippen MR) is 105 cm³/mol. The number of anilines is 1. The SMILES string of the molecule is O=C(COC(=O)c1ccc(Oc2ccccc2)cc1)Nc1ccc([N+](=O)[O-])cc1. The second-order valence-corrected chi connectivity index (χ2v) is 5.87. The normalized spacial score (nSPS) is 10.1. The van der Waals surface area contributed by atoms with E-state index in [1.807, 2.05) is 30.3 Å². The molecule has 3 aromatic rings. The van der Waals surface area contributed by atoms with Crippen molar-refractivity contribution in [1.29, 1.82) is 0 Å². The quantitative estimate of drug-likeness (QED) is 0.367. The Labute approximate surface area is 165 Å². The van der Waals surface area contributed by atoms with E-state index in [1.54, 1.807) is 12.1 Å². The molecule has 0 aliphatic heterocycles. The van der Waals surface area contributed by atoms with Crippen LogP contribution in [0.4, 0.5) is 11.4 Å². The van der Waals surface area contributed by atoms with Crippen LogP contribution >= 0.6 is 0 Å². The van der Waals surface area contributed by atoms with Gasteiger partial charge in [-0.1, -0.05) is 18.2 Å². The third-order valence-corrected chi connectivity index (χ3v) is 3.77. The van der Waals surface area contributed by atoms with Crippen molar-refractivity contribution in [3.63, 3.8) is 0 Å². The van der Waals surface area contributed by atoms with Crippen LogP contribution in [0.2, 0.25) is 0 Å². The summed E-state index contributed by atoms with van der Waals surface area (Å²) in [6.07, 6.45) is 0. The Balaban J connectivity index is 1.49. The van der Waals surface area contributed by atoms with E-state index in [0.717, 1.165) is 0 Å². The van der Waals surface area contributed by atoms with Crippen molar-refractivity contribution in [3.05, 3.63) is 94.5 Å². The highest BCUT2D eigenvalue weighted by atomic mass is 16.6. The van der Waals surface area contributed by atoms with Gasteiger partial charge in [0, 0.05) is 17.8 Å². The van der Waals surface area contributed by atoms with Crippen molar-refractivity contribution in [3.8, 4) is 11.5 Å². The van der Waals surface area contributed by atoms with Gasteiger partial charge in [-0.05, 0) is 48.5 Å². The number of hydrogen-bond donors (Lipinski definition) is 1. The van der Waals surface area contributed by atoms with Gasteiger partial charge in [-0.3, -0.25) is 14.9 Å². The van der Waals surface area contributed by atoms with Gasteiger partial charge < -0.3 is 14.8 Å². The molecule has 0 aromatic heterocycles. The molecule has 0 aliphatic carbocycles. The van der Waals surface area contributed by atoms with Crippen LogP contribution in [0, 0.1) is 10.1 Å². The molecule has 3 rings (SSSR count). The molecular formula is C21H16N2O6. The van der Waals surface area contributed by atoms with Crippen LogP contribution in [0.5, 0.6) is 11.5 Å². The van der Waals surface area contributed by atoms with Gasteiger partial charge in [-0.25, -0.2) is 4.79 Å². The van der Waals surface area contributed by atoms with Crippen molar-refractivity contribution < 1.29 is 24.0 Å². The van der Waals surface area contributed by atoms with E-state index < -0.39 is 23.4 Å². The minimum Gasteiger partial charge on any atom is -0.457 e. The molecule has 0 bridgehead atoms. The largest absolute Gasteiger partial charge is 0.457 e. The van der Waals surface area contributed by atoms with Crippen molar-refractivity contribution in [2.75, 3.05) is 11.9 Å². The molecule has 29 heavy (non-hydrogen) atoms. The maximum atomic E-state index is 12.1. The summed E-state index contributed by atoms with van der Waals surface area (Å²) in [6, 6.07) is 20.8. The van der Waals surface area contributed by atoms with Gasteiger partial charge >= 0.3 is 5.97 Å². The van der Waals surface area contributed by atoms with E-state index in [2.05, 4.69) is 5.32 Å². The summed E-state index contributed by atoms with van der Waals surface area (Å²) in [5.41, 5.74) is 0.543. The molecule has 8 nitrogen and oxygen atoms in total. The molecule has 1 amide bonds. The monoisotopic (exact) mass is 392 g/mol. The van der Waals surface area contributed by atoms with Crippen LogP contribution in [0.1, 0.15) is 10.4 Å². The number of carbonyl (C=O) groups is 2. The Morgan fingerprint density at radius 3 is 2.10 bits per heavy atom. The molecule has 0 heterocycles. The maximum Gasteiger partial charge on any atom is 0.338 e. The third-order valence-electron chi connectivity index (χ3n) is 3.77. The number of non-ortho nitro benzene ring substituents is 1. The first-order valence-corrected chi connectivity index (χ1v) is 8.56. The van der Waals surface area contributed by atoms with E-state index >= 15 is 0 Å². The molecule has 0 unspecified atom stereocenters. The number of amides is 1. The van der Waals surface area contributed by atoms with Gasteiger partial charge in [-0.15, -0.1) is 0 Å². The van der Waals surface area contributed by atoms with Crippen molar-refractivity contribution >= 4 is 23.3 Å². The van der Waals surface area contributed by atoms with E-state index in [0.29, 0.717) is 17.2 Å². The lowest BCUT2D eigenvalue weighted by Gasteiger charge is -2.08. The number of benzene rings is 3. The molecule has 8 heteroatoms. The lowest BCUT2D eigenvalue weighted by atomic mass is 10.2. The summed E-state index contributed by atoms with van der Waals surface area (Å²) < 4.78 is 10.6. The zero-order chi connectivity index (χ0) is 20.6. The van der Waals surface area contributed by atoms with E-state index in [1.165, 1.54) is 36.4 Å². The maximum absolute atomic E-state index is 12.1. The zero-order valence-electron chi connectivity index (χ0n) is 15.1. The van der Waals surface area contributed by atoms with Crippen LogP contribution in [-0.2, 0) is 9.53 Å². The molecule has 0 aliphatic rings. The molecule has 146 valence electrons. The lowest BCUT2D eigenvalue weighted by Crippen LogP contribution is -2.20. The number of ether oxygens (including phenoxy) is 2. The van der Waals surface area contributed by atoms with E-state index in [9.17, 15) is 19.7 Å². The van der Waals surface area contributed by atoms with Crippen molar-refractivity contribution in [2.24, 2.45) is 0 Å². The molecule has 0 fully saturated rings. The summed E-state index contributed by atoms with van der Waals surface area (Å²) in [7, 11) is 0. The average Bonchev–Trinajstić information content (AvgIpc) is 2.74. The smallest absolute Gasteiger partial charge is 0.338 e. The zero-order valence-corrected chi connectivity index (χ0v) is 15.1. The second-order valence-electron chi connectivity index (χ2n) is 5.87. The van der Waals surface area contributed by atoms with Crippen LogP contribution in [0.25, 0.3) is 0 Å². The fraction of sp³-hybridized carbons (Fsp3) is 0.0476. The first-order chi connectivity index (χ1) is 14.0. The minimum atomic E-state index is -0.657. The van der Waals surface area contributed by atoms with E-state index in [-0.39, 0.29) is 11.3 Å². The topological polar surface area (TPSA) is 108 Å². The summed E-state index contributed by atoms with van der Waals surface area (Å²) in [4.78, 5) is 34.0. The van der Waals surface area contributed by atoms with Crippen LogP contribution in [-0.4, -0.2) is 23.4 Å².